The third kappa shape index (κ3) is 3.83. The van der Waals surface area contributed by atoms with Gasteiger partial charge in [-0.3, -0.25) is 9.69 Å². The summed E-state index contributed by atoms with van der Waals surface area (Å²) in [5.74, 6) is -2.30. The maximum absolute atomic E-state index is 14.6. The van der Waals surface area contributed by atoms with Gasteiger partial charge in [0, 0.05) is 30.9 Å². The number of aryl methyl sites for hydroxylation is 1. The second kappa shape index (κ2) is 9.13. The highest BCUT2D eigenvalue weighted by Gasteiger charge is 2.51. The number of carbonyl (C=O) groups excluding carboxylic acids is 3. The molecule has 1 aliphatic rings. The van der Waals surface area contributed by atoms with E-state index in [9.17, 15) is 18.8 Å². The Morgan fingerprint density at radius 1 is 1.10 bits per heavy atom. The number of benzene rings is 2. The van der Waals surface area contributed by atoms with E-state index in [0.29, 0.717) is 29.4 Å². The molecule has 0 saturated carbocycles. The summed E-state index contributed by atoms with van der Waals surface area (Å²) in [5.41, 5.74) is 1.58. The van der Waals surface area contributed by atoms with Crippen molar-refractivity contribution in [2.45, 2.75) is 25.6 Å². The van der Waals surface area contributed by atoms with Crippen molar-refractivity contribution in [2.24, 2.45) is 11.8 Å². The Kier molecular flexibility index (Phi) is 6.57. The first-order valence-corrected chi connectivity index (χ1v) is 9.80. The van der Waals surface area contributed by atoms with Crippen molar-refractivity contribution >= 4 is 24.2 Å². The van der Waals surface area contributed by atoms with Crippen LogP contribution in [0.4, 0.5) is 10.1 Å². The average molecular weight is 408 g/mol. The summed E-state index contributed by atoms with van der Waals surface area (Å²) in [6.07, 6.45) is 2.89. The van der Waals surface area contributed by atoms with E-state index >= 15 is 0 Å². The molecule has 3 rings (SSSR count). The van der Waals surface area contributed by atoms with Gasteiger partial charge < -0.3 is 14.5 Å². The van der Waals surface area contributed by atoms with Crippen molar-refractivity contribution in [2.75, 3.05) is 11.9 Å². The number of aldehydes is 2. The lowest BCUT2D eigenvalue weighted by atomic mass is 9.87. The largest absolute Gasteiger partial charge is 0.315 e. The molecule has 4 unspecified atom stereocenters. The average Bonchev–Trinajstić information content (AvgIpc) is 3.08. The molecule has 4 atom stereocenters. The molecule has 1 amide bonds. The van der Waals surface area contributed by atoms with Crippen LogP contribution in [0.2, 0.25) is 0 Å². The number of anilines is 1. The van der Waals surface area contributed by atoms with Crippen LogP contribution in [0.25, 0.3) is 0 Å². The monoisotopic (exact) mass is 408 g/mol. The molecule has 0 aromatic heterocycles. The lowest BCUT2D eigenvalue weighted by molar-refractivity contribution is -0.127. The van der Waals surface area contributed by atoms with Gasteiger partial charge in [0.15, 0.2) is 0 Å². The fourth-order valence-corrected chi connectivity index (χ4v) is 4.23. The van der Waals surface area contributed by atoms with Gasteiger partial charge >= 0.3 is 0 Å². The molecule has 1 heterocycles. The SMILES string of the molecule is C=CC1C(C(=O)N(C)c2ccccc2)C(C=O)C(C=O)N1Cc1cccc(C)c1F. The molecule has 0 radical (unpaired) electrons. The Labute approximate surface area is 175 Å². The van der Waals surface area contributed by atoms with Crippen molar-refractivity contribution in [3.63, 3.8) is 0 Å². The highest BCUT2D eigenvalue weighted by atomic mass is 19.1. The van der Waals surface area contributed by atoms with E-state index in [1.165, 1.54) is 4.90 Å². The zero-order valence-corrected chi connectivity index (χ0v) is 17.1. The number of carbonyl (C=O) groups is 3. The van der Waals surface area contributed by atoms with E-state index in [2.05, 4.69) is 6.58 Å². The Balaban J connectivity index is 1.98. The highest BCUT2D eigenvalue weighted by molar-refractivity contribution is 5.97. The fraction of sp³-hybridized carbons (Fsp3) is 0.292. The molecule has 0 spiro atoms. The van der Waals surface area contributed by atoms with E-state index in [4.69, 9.17) is 0 Å². The predicted molar refractivity (Wildman–Crippen MR) is 113 cm³/mol. The van der Waals surface area contributed by atoms with Crippen molar-refractivity contribution in [3.8, 4) is 0 Å². The van der Waals surface area contributed by atoms with Gasteiger partial charge in [0.05, 0.1) is 17.9 Å². The lowest BCUT2D eigenvalue weighted by Gasteiger charge is -2.29. The molecule has 156 valence electrons. The van der Waals surface area contributed by atoms with E-state index in [0.717, 1.165) is 0 Å². The highest BCUT2D eigenvalue weighted by Crippen LogP contribution is 2.37. The quantitative estimate of drug-likeness (QED) is 0.522. The second-order valence-electron chi connectivity index (χ2n) is 7.55. The van der Waals surface area contributed by atoms with Gasteiger partial charge in [-0.25, -0.2) is 4.39 Å². The number of nitrogens with zero attached hydrogens (tertiary/aromatic N) is 2. The molecule has 2 aromatic rings. The van der Waals surface area contributed by atoms with Crippen LogP contribution in [0.5, 0.6) is 0 Å². The zero-order valence-electron chi connectivity index (χ0n) is 17.1. The van der Waals surface area contributed by atoms with Gasteiger partial charge in [-0.05, 0) is 24.6 Å². The van der Waals surface area contributed by atoms with Crippen LogP contribution in [-0.4, -0.2) is 42.5 Å². The molecular weight excluding hydrogens is 383 g/mol. The minimum atomic E-state index is -0.850. The third-order valence-corrected chi connectivity index (χ3v) is 5.86. The summed E-state index contributed by atoms with van der Waals surface area (Å²) in [6, 6.07) is 12.7. The Morgan fingerprint density at radius 2 is 1.80 bits per heavy atom. The molecule has 0 N–H and O–H groups in total. The third-order valence-electron chi connectivity index (χ3n) is 5.86. The van der Waals surface area contributed by atoms with Crippen LogP contribution in [0.15, 0.2) is 61.2 Å². The predicted octanol–water partition coefficient (Wildman–Crippen LogP) is 3.17. The van der Waals surface area contributed by atoms with Gasteiger partial charge in [-0.1, -0.05) is 42.5 Å². The van der Waals surface area contributed by atoms with E-state index in [1.807, 2.05) is 18.2 Å². The molecule has 30 heavy (non-hydrogen) atoms. The molecule has 5 nitrogen and oxygen atoms in total. The topological polar surface area (TPSA) is 57.7 Å². The number of likely N-dealkylation sites (tertiary alicyclic amines) is 1. The fourth-order valence-electron chi connectivity index (χ4n) is 4.23. The number of halogens is 1. The molecule has 0 aliphatic carbocycles. The number of para-hydroxylation sites is 1. The van der Waals surface area contributed by atoms with Crippen LogP contribution < -0.4 is 4.90 Å². The molecule has 1 fully saturated rings. The van der Waals surface area contributed by atoms with Gasteiger partial charge in [0.1, 0.15) is 18.4 Å². The summed E-state index contributed by atoms with van der Waals surface area (Å²) in [7, 11) is 1.64. The van der Waals surface area contributed by atoms with E-state index in [1.54, 1.807) is 55.3 Å². The summed E-state index contributed by atoms with van der Waals surface area (Å²) >= 11 is 0. The van der Waals surface area contributed by atoms with Crippen molar-refractivity contribution in [1.29, 1.82) is 0 Å². The Hall–Kier alpha value is -3.12. The first kappa shape index (κ1) is 21.6. The Bertz CT molecular complexity index is 947. The number of amides is 1. The second-order valence-corrected chi connectivity index (χ2v) is 7.55. The maximum atomic E-state index is 14.6. The van der Waals surface area contributed by atoms with Crippen molar-refractivity contribution in [3.05, 3.63) is 78.1 Å². The molecule has 0 bridgehead atoms. The van der Waals surface area contributed by atoms with Crippen LogP contribution in [0.3, 0.4) is 0 Å². The zero-order chi connectivity index (χ0) is 21.8. The normalized spacial score (nSPS) is 23.7. The number of rotatable bonds is 7. The minimum absolute atomic E-state index is 0.0940. The van der Waals surface area contributed by atoms with Crippen LogP contribution in [0, 0.1) is 24.6 Å². The minimum Gasteiger partial charge on any atom is -0.315 e. The van der Waals surface area contributed by atoms with Gasteiger partial charge in [-0.15, -0.1) is 6.58 Å². The number of hydrogen-bond acceptors (Lipinski definition) is 4. The van der Waals surface area contributed by atoms with Gasteiger partial charge in [0.25, 0.3) is 0 Å². The van der Waals surface area contributed by atoms with E-state index in [-0.39, 0.29) is 18.3 Å². The van der Waals surface area contributed by atoms with Crippen LogP contribution >= 0.6 is 0 Å². The standard InChI is InChI=1S/C24H25FN2O3/c1-4-20-22(24(30)26(3)18-11-6-5-7-12-18)19(14-28)21(15-29)27(20)13-17-10-8-9-16(2)23(17)25/h4-12,14-15,19-22H,1,13H2,2-3H3. The number of hydrogen-bond donors (Lipinski definition) is 0. The molecule has 1 aliphatic heterocycles. The van der Waals surface area contributed by atoms with E-state index < -0.39 is 23.9 Å². The Morgan fingerprint density at radius 3 is 2.40 bits per heavy atom. The summed E-state index contributed by atoms with van der Waals surface area (Å²) in [5, 5.41) is 0. The molecular formula is C24H25FN2O3. The lowest BCUT2D eigenvalue weighted by Crippen LogP contribution is -2.42. The van der Waals surface area contributed by atoms with Crippen molar-refractivity contribution in [1.82, 2.24) is 4.90 Å². The van der Waals surface area contributed by atoms with Gasteiger partial charge in [0.2, 0.25) is 5.91 Å². The molecule has 2 aromatic carbocycles. The smallest absolute Gasteiger partial charge is 0.232 e. The first-order valence-electron chi connectivity index (χ1n) is 9.80. The maximum Gasteiger partial charge on any atom is 0.232 e. The van der Waals surface area contributed by atoms with Crippen LogP contribution in [-0.2, 0) is 20.9 Å². The van der Waals surface area contributed by atoms with Gasteiger partial charge in [-0.2, -0.15) is 0 Å². The molecule has 6 heteroatoms. The first-order chi connectivity index (χ1) is 14.4. The van der Waals surface area contributed by atoms with Crippen LogP contribution in [0.1, 0.15) is 11.1 Å². The summed E-state index contributed by atoms with van der Waals surface area (Å²) in [6.45, 7) is 5.60. The van der Waals surface area contributed by atoms with Crippen molar-refractivity contribution < 1.29 is 18.8 Å². The molecule has 1 saturated heterocycles. The summed E-state index contributed by atoms with van der Waals surface area (Å²) in [4.78, 5) is 40.5. The summed E-state index contributed by atoms with van der Waals surface area (Å²) < 4.78 is 14.6.